The van der Waals surface area contributed by atoms with Gasteiger partial charge >= 0.3 is 17.9 Å². The first-order valence-corrected chi connectivity index (χ1v) is 8.28. The average molecular weight is 344 g/mol. The fourth-order valence-corrected chi connectivity index (χ4v) is 2.14. The zero-order valence-corrected chi connectivity index (χ0v) is 14.8. The van der Waals surface area contributed by atoms with Gasteiger partial charge in [0.15, 0.2) is 0 Å². The number of hydrogen-bond acceptors (Lipinski definition) is 7. The van der Waals surface area contributed by atoms with Crippen LogP contribution in [0.2, 0.25) is 0 Å². The van der Waals surface area contributed by atoms with Gasteiger partial charge in [0, 0.05) is 39.5 Å². The summed E-state index contributed by atoms with van der Waals surface area (Å²) >= 11 is 0. The first kappa shape index (κ1) is 22.1. The van der Waals surface area contributed by atoms with Crippen molar-refractivity contribution in [1.82, 2.24) is 0 Å². The Hall–Kier alpha value is -1.92. The summed E-state index contributed by atoms with van der Waals surface area (Å²) in [6, 6.07) is 0. The molecule has 0 radical (unpaired) electrons. The predicted octanol–water partition coefficient (Wildman–Crippen LogP) is 2.69. The van der Waals surface area contributed by atoms with E-state index in [4.69, 9.17) is 9.47 Å². The molecule has 0 atom stereocenters. The number of unbranched alkanes of at least 4 members (excludes halogenated alkanes) is 4. The number of ether oxygens (including phenoxy) is 3. The molecule has 0 aromatic rings. The van der Waals surface area contributed by atoms with E-state index in [1.54, 1.807) is 0 Å². The maximum Gasteiger partial charge on any atom is 0.305 e. The van der Waals surface area contributed by atoms with E-state index in [1.165, 1.54) is 21.0 Å². The van der Waals surface area contributed by atoms with Gasteiger partial charge in [-0.15, -0.1) is 0 Å². The summed E-state index contributed by atoms with van der Waals surface area (Å²) in [5.41, 5.74) is 0. The number of carbonyl (C=O) groups excluding carboxylic acids is 4. The Bertz CT molecular complexity index is 401. The molecule has 0 aliphatic rings. The third-order valence-electron chi connectivity index (χ3n) is 3.32. The summed E-state index contributed by atoms with van der Waals surface area (Å²) in [5, 5.41) is 0. The van der Waals surface area contributed by atoms with Crippen molar-refractivity contribution < 1.29 is 33.4 Å². The number of esters is 3. The van der Waals surface area contributed by atoms with Gasteiger partial charge in [-0.3, -0.25) is 19.2 Å². The molecule has 0 rings (SSSR count). The topological polar surface area (TPSA) is 96.0 Å². The van der Waals surface area contributed by atoms with Crippen molar-refractivity contribution in [2.75, 3.05) is 7.11 Å². The smallest absolute Gasteiger partial charge is 0.305 e. The third-order valence-corrected chi connectivity index (χ3v) is 3.32. The Morgan fingerprint density at radius 1 is 0.750 bits per heavy atom. The molecule has 0 spiro atoms. The molecule has 0 unspecified atom stereocenters. The predicted molar refractivity (Wildman–Crippen MR) is 85.9 cm³/mol. The van der Waals surface area contributed by atoms with E-state index in [9.17, 15) is 19.2 Å². The van der Waals surface area contributed by atoms with Gasteiger partial charge in [0.25, 0.3) is 0 Å². The van der Waals surface area contributed by atoms with Crippen LogP contribution < -0.4 is 0 Å². The van der Waals surface area contributed by atoms with Gasteiger partial charge in [-0.1, -0.05) is 19.3 Å². The highest BCUT2D eigenvalue weighted by Gasteiger charge is 2.16. The quantitative estimate of drug-likeness (QED) is 0.288. The molecule has 0 aliphatic carbocycles. The van der Waals surface area contributed by atoms with Crippen LogP contribution in [0.25, 0.3) is 0 Å². The van der Waals surface area contributed by atoms with E-state index in [0.29, 0.717) is 12.8 Å². The van der Waals surface area contributed by atoms with E-state index in [0.717, 1.165) is 32.1 Å². The van der Waals surface area contributed by atoms with Gasteiger partial charge in [-0.05, 0) is 12.8 Å². The van der Waals surface area contributed by atoms with E-state index >= 15 is 0 Å². The molecule has 7 heteroatoms. The van der Waals surface area contributed by atoms with Crippen LogP contribution in [0.1, 0.15) is 71.6 Å². The molecule has 0 saturated heterocycles. The summed E-state index contributed by atoms with van der Waals surface area (Å²) < 4.78 is 14.2. The van der Waals surface area contributed by atoms with Gasteiger partial charge in [0.1, 0.15) is 5.78 Å². The van der Waals surface area contributed by atoms with Gasteiger partial charge in [-0.2, -0.15) is 0 Å². The van der Waals surface area contributed by atoms with Gasteiger partial charge in [-0.25, -0.2) is 0 Å². The first-order valence-electron chi connectivity index (χ1n) is 8.28. The summed E-state index contributed by atoms with van der Waals surface area (Å²) in [4.78, 5) is 44.5. The second-order valence-electron chi connectivity index (χ2n) is 5.57. The SMILES string of the molecule is COC(=O)CCCCCCCC(=O)CCC(OC(C)=O)OC(C)=O. The van der Waals surface area contributed by atoms with Crippen LogP contribution in [0.5, 0.6) is 0 Å². The fraction of sp³-hybridized carbons (Fsp3) is 0.765. The molecule has 0 saturated carbocycles. The highest BCUT2D eigenvalue weighted by molar-refractivity contribution is 5.78. The van der Waals surface area contributed by atoms with Crippen molar-refractivity contribution >= 4 is 23.7 Å². The van der Waals surface area contributed by atoms with Crippen LogP contribution >= 0.6 is 0 Å². The molecule has 0 amide bonds. The zero-order chi connectivity index (χ0) is 18.4. The lowest BCUT2D eigenvalue weighted by atomic mass is 10.1. The van der Waals surface area contributed by atoms with Crippen LogP contribution in [-0.4, -0.2) is 37.1 Å². The number of methoxy groups -OCH3 is 1. The van der Waals surface area contributed by atoms with E-state index in [1.807, 2.05) is 0 Å². The Kier molecular flexibility index (Phi) is 12.4. The van der Waals surface area contributed by atoms with Gasteiger partial charge in [0.05, 0.1) is 7.11 Å². The molecular weight excluding hydrogens is 316 g/mol. The molecule has 138 valence electrons. The number of hydrogen-bond donors (Lipinski definition) is 0. The fourth-order valence-electron chi connectivity index (χ4n) is 2.14. The second-order valence-corrected chi connectivity index (χ2v) is 5.57. The lowest BCUT2D eigenvalue weighted by Gasteiger charge is -2.16. The minimum absolute atomic E-state index is 0.0499. The number of rotatable bonds is 13. The van der Waals surface area contributed by atoms with Crippen LogP contribution in [0.4, 0.5) is 0 Å². The van der Waals surface area contributed by atoms with Crippen LogP contribution in [-0.2, 0) is 33.4 Å². The van der Waals surface area contributed by atoms with Crippen molar-refractivity contribution in [2.24, 2.45) is 0 Å². The second kappa shape index (κ2) is 13.5. The highest BCUT2D eigenvalue weighted by Crippen LogP contribution is 2.11. The molecule has 0 aliphatic heterocycles. The van der Waals surface area contributed by atoms with Crippen molar-refractivity contribution in [2.45, 2.75) is 77.9 Å². The Labute approximate surface area is 143 Å². The van der Waals surface area contributed by atoms with Crippen LogP contribution in [0.15, 0.2) is 0 Å². The molecule has 0 aromatic heterocycles. The lowest BCUT2D eigenvalue weighted by molar-refractivity contribution is -0.186. The first-order chi connectivity index (χ1) is 11.3. The molecule has 0 heterocycles. The summed E-state index contributed by atoms with van der Waals surface area (Å²) in [6.45, 7) is 2.44. The maximum atomic E-state index is 11.8. The molecule has 0 aromatic carbocycles. The van der Waals surface area contributed by atoms with E-state index in [-0.39, 0.29) is 24.6 Å². The van der Waals surface area contributed by atoms with Crippen molar-refractivity contribution in [3.05, 3.63) is 0 Å². The molecule has 0 fully saturated rings. The molecule has 0 N–H and O–H groups in total. The molecular formula is C17H28O7. The standard InChI is InChI=1S/C17H28O7/c1-13(18)23-17(24-14(2)19)12-11-15(20)9-7-5-4-6-8-10-16(21)22-3/h17H,4-12H2,1-3H3. The third kappa shape index (κ3) is 13.7. The van der Waals surface area contributed by atoms with Crippen molar-refractivity contribution in [1.29, 1.82) is 0 Å². The Morgan fingerprint density at radius 2 is 1.25 bits per heavy atom. The summed E-state index contributed by atoms with van der Waals surface area (Å²) in [6.07, 6.45) is 4.66. The number of carbonyl (C=O) groups is 4. The summed E-state index contributed by atoms with van der Waals surface area (Å²) in [7, 11) is 1.38. The highest BCUT2D eigenvalue weighted by atomic mass is 16.7. The van der Waals surface area contributed by atoms with Gasteiger partial charge in [0.2, 0.25) is 6.29 Å². The zero-order valence-electron chi connectivity index (χ0n) is 14.8. The monoisotopic (exact) mass is 344 g/mol. The van der Waals surface area contributed by atoms with Crippen molar-refractivity contribution in [3.63, 3.8) is 0 Å². The normalized spacial score (nSPS) is 10.3. The number of ketones is 1. The average Bonchev–Trinajstić information content (AvgIpc) is 2.50. The molecule has 0 bridgehead atoms. The van der Waals surface area contributed by atoms with Gasteiger partial charge < -0.3 is 14.2 Å². The van der Waals surface area contributed by atoms with E-state index in [2.05, 4.69) is 4.74 Å². The molecule has 24 heavy (non-hydrogen) atoms. The van der Waals surface area contributed by atoms with E-state index < -0.39 is 18.2 Å². The number of Topliss-reactive ketones (excluding diaryl/α,β-unsaturated/α-hetero) is 1. The lowest BCUT2D eigenvalue weighted by Crippen LogP contribution is -2.23. The Balaban J connectivity index is 3.74. The Morgan fingerprint density at radius 3 is 1.75 bits per heavy atom. The molecule has 7 nitrogen and oxygen atoms in total. The maximum absolute atomic E-state index is 11.8. The van der Waals surface area contributed by atoms with Crippen LogP contribution in [0, 0.1) is 0 Å². The minimum atomic E-state index is -0.998. The summed E-state index contributed by atoms with van der Waals surface area (Å²) in [5.74, 6) is -1.25. The van der Waals surface area contributed by atoms with Crippen molar-refractivity contribution in [3.8, 4) is 0 Å². The largest absolute Gasteiger partial charge is 0.469 e. The van der Waals surface area contributed by atoms with Crippen LogP contribution in [0.3, 0.4) is 0 Å². The minimum Gasteiger partial charge on any atom is -0.469 e.